The zero-order valence-electron chi connectivity index (χ0n) is 25.7. The second kappa shape index (κ2) is 16.8. The van der Waals surface area contributed by atoms with Gasteiger partial charge in [-0.2, -0.15) is 0 Å². The third-order valence-electron chi connectivity index (χ3n) is 6.47. The van der Waals surface area contributed by atoms with Crippen LogP contribution in [0.5, 0.6) is 5.75 Å². The number of hydrogen-bond donors (Lipinski definition) is 1. The summed E-state index contributed by atoms with van der Waals surface area (Å²) in [4.78, 5) is 42.5. The number of carboxylic acids is 1. The molecule has 7 nitrogen and oxygen atoms in total. The molecule has 3 aromatic rings. The molecule has 10 heteroatoms. The molecule has 2 amide bonds. The minimum absolute atomic E-state index is 0.0267. The van der Waals surface area contributed by atoms with Crippen LogP contribution in [0.15, 0.2) is 53.4 Å². The summed E-state index contributed by atoms with van der Waals surface area (Å²) in [6, 6.07) is 13.9. The lowest BCUT2D eigenvalue weighted by Gasteiger charge is -2.15. The standard InChI is InChI=1S/C34H36N2O5S3/c1-7-30(34(39)40)41-31-15-12-28(22-23(31)2)42-21-18-29(32-16-13-26(43-32)10-8-19-35(5)24(3)37)33-17-14-27(44-33)11-9-20-36(6)25(4)38/h12-18,22,30H,7,19-21H2,1-6H3,(H,39,40). The molecule has 3 rings (SSSR count). The van der Waals surface area contributed by atoms with Crippen LogP contribution in [0.4, 0.5) is 0 Å². The zero-order valence-corrected chi connectivity index (χ0v) is 28.2. The summed E-state index contributed by atoms with van der Waals surface area (Å²) in [6.45, 7) is 7.48. The van der Waals surface area contributed by atoms with Gasteiger partial charge < -0.3 is 19.6 Å². The van der Waals surface area contributed by atoms with Gasteiger partial charge in [-0.25, -0.2) is 4.79 Å². The lowest BCUT2D eigenvalue weighted by atomic mass is 10.2. The molecule has 2 heterocycles. The summed E-state index contributed by atoms with van der Waals surface area (Å²) in [6.07, 6.45) is 1.71. The first-order chi connectivity index (χ1) is 21.0. The largest absolute Gasteiger partial charge is 0.479 e. The summed E-state index contributed by atoms with van der Waals surface area (Å²) < 4.78 is 5.70. The molecule has 230 valence electrons. The SMILES string of the molecule is CCC(Oc1ccc(SCC=C(c2ccc(C#CCN(C)C(C)=O)s2)c2ccc(C#CCN(C)C(C)=O)s2)cc1C)C(=O)O. The van der Waals surface area contributed by atoms with E-state index in [1.165, 1.54) is 13.8 Å². The van der Waals surface area contributed by atoms with Gasteiger partial charge in [0.15, 0.2) is 6.10 Å². The maximum Gasteiger partial charge on any atom is 0.344 e. The number of nitrogens with zero attached hydrogens (tertiary/aromatic N) is 2. The average molecular weight is 649 g/mol. The molecule has 1 N–H and O–H groups in total. The van der Waals surface area contributed by atoms with E-state index < -0.39 is 12.1 Å². The van der Waals surface area contributed by atoms with Crippen molar-refractivity contribution >= 4 is 57.8 Å². The first kappa shape index (κ1) is 34.5. The number of aliphatic carboxylic acids is 1. The van der Waals surface area contributed by atoms with E-state index in [4.69, 9.17) is 4.74 Å². The minimum atomic E-state index is -0.972. The van der Waals surface area contributed by atoms with Crippen LogP contribution in [0.2, 0.25) is 0 Å². The maximum atomic E-state index is 11.5. The molecule has 0 aliphatic carbocycles. The molecule has 0 aliphatic rings. The highest BCUT2D eigenvalue weighted by atomic mass is 32.2. The number of ether oxygens (including phenoxy) is 1. The number of benzene rings is 1. The molecule has 0 radical (unpaired) electrons. The van der Waals surface area contributed by atoms with Crippen molar-refractivity contribution in [3.05, 3.63) is 73.6 Å². The van der Waals surface area contributed by atoms with Crippen LogP contribution in [0.1, 0.15) is 52.3 Å². The maximum absolute atomic E-state index is 11.5. The molecule has 2 aromatic heterocycles. The van der Waals surface area contributed by atoms with Gasteiger partial charge in [0.1, 0.15) is 5.75 Å². The van der Waals surface area contributed by atoms with E-state index in [1.54, 1.807) is 65.3 Å². The predicted octanol–water partition coefficient (Wildman–Crippen LogP) is 6.24. The van der Waals surface area contributed by atoms with E-state index in [-0.39, 0.29) is 11.8 Å². The van der Waals surface area contributed by atoms with Gasteiger partial charge in [-0.3, -0.25) is 9.59 Å². The third kappa shape index (κ3) is 10.3. The van der Waals surface area contributed by atoms with E-state index in [1.807, 2.05) is 37.3 Å². The van der Waals surface area contributed by atoms with Crippen molar-refractivity contribution in [2.24, 2.45) is 0 Å². The smallest absolute Gasteiger partial charge is 0.344 e. The van der Waals surface area contributed by atoms with E-state index in [9.17, 15) is 19.5 Å². The Morgan fingerprint density at radius 1 is 0.932 bits per heavy atom. The average Bonchev–Trinajstić information content (AvgIpc) is 3.64. The second-order valence-electron chi connectivity index (χ2n) is 9.89. The number of aryl methyl sites for hydroxylation is 1. The molecule has 0 fully saturated rings. The van der Waals surface area contributed by atoms with Gasteiger partial charge in [-0.15, -0.1) is 34.4 Å². The number of carbonyl (C=O) groups excluding carboxylic acids is 2. The third-order valence-corrected chi connectivity index (χ3v) is 9.46. The number of thiophene rings is 2. The van der Waals surface area contributed by atoms with Gasteiger partial charge in [0.25, 0.3) is 0 Å². The fourth-order valence-corrected chi connectivity index (χ4v) is 6.46. The van der Waals surface area contributed by atoms with Crippen LogP contribution in [-0.2, 0) is 14.4 Å². The van der Waals surface area contributed by atoms with E-state index >= 15 is 0 Å². The van der Waals surface area contributed by atoms with Gasteiger partial charge in [0.05, 0.1) is 22.8 Å². The Balaban J connectivity index is 1.83. The van der Waals surface area contributed by atoms with Crippen molar-refractivity contribution in [1.82, 2.24) is 9.80 Å². The van der Waals surface area contributed by atoms with Crippen LogP contribution >= 0.6 is 34.4 Å². The lowest BCUT2D eigenvalue weighted by molar-refractivity contribution is -0.145. The Kier molecular flexibility index (Phi) is 13.2. The van der Waals surface area contributed by atoms with Gasteiger partial charge in [0, 0.05) is 53.9 Å². The van der Waals surface area contributed by atoms with Crippen molar-refractivity contribution in [3.63, 3.8) is 0 Å². The first-order valence-corrected chi connectivity index (χ1v) is 16.5. The fourth-order valence-electron chi connectivity index (χ4n) is 3.66. The number of hydrogen-bond acceptors (Lipinski definition) is 7. The molecule has 1 unspecified atom stereocenters. The summed E-state index contributed by atoms with van der Waals surface area (Å²) in [5.74, 6) is 12.7. The zero-order chi connectivity index (χ0) is 32.2. The molecule has 0 saturated carbocycles. The molecular formula is C34H36N2O5S3. The number of carbonyl (C=O) groups is 3. The van der Waals surface area contributed by atoms with E-state index in [2.05, 4.69) is 41.9 Å². The highest BCUT2D eigenvalue weighted by molar-refractivity contribution is 7.99. The lowest BCUT2D eigenvalue weighted by Crippen LogP contribution is -2.26. The molecule has 0 aliphatic heterocycles. The normalized spacial score (nSPS) is 10.9. The molecule has 44 heavy (non-hydrogen) atoms. The van der Waals surface area contributed by atoms with E-state index in [0.717, 1.165) is 35.5 Å². The molecule has 0 saturated heterocycles. The van der Waals surface area contributed by atoms with Gasteiger partial charge in [-0.1, -0.05) is 36.7 Å². The minimum Gasteiger partial charge on any atom is -0.479 e. The Hall–Kier alpha value is -3.96. The summed E-state index contributed by atoms with van der Waals surface area (Å²) in [7, 11) is 3.45. The number of thioether (sulfide) groups is 1. The van der Waals surface area contributed by atoms with Gasteiger partial charge >= 0.3 is 5.97 Å². The summed E-state index contributed by atoms with van der Waals surface area (Å²) >= 11 is 4.87. The van der Waals surface area contributed by atoms with Gasteiger partial charge in [-0.05, 0) is 61.4 Å². The summed E-state index contributed by atoms with van der Waals surface area (Å²) in [5.41, 5.74) is 1.96. The van der Waals surface area contributed by atoms with Crippen molar-refractivity contribution in [2.45, 2.75) is 45.1 Å². The van der Waals surface area contributed by atoms with Crippen LogP contribution in [-0.4, -0.2) is 71.7 Å². The molecule has 1 atom stereocenters. The predicted molar refractivity (Wildman–Crippen MR) is 180 cm³/mol. The number of carboxylic acid groups (broad SMARTS) is 1. The first-order valence-electron chi connectivity index (χ1n) is 13.9. The highest BCUT2D eigenvalue weighted by Crippen LogP contribution is 2.35. The Morgan fingerprint density at radius 3 is 1.93 bits per heavy atom. The molecular weight excluding hydrogens is 613 g/mol. The number of rotatable bonds is 11. The van der Waals surface area contributed by atoms with Crippen molar-refractivity contribution in [1.29, 1.82) is 0 Å². The second-order valence-corrected chi connectivity index (χ2v) is 13.2. The fraction of sp³-hybridized carbons (Fsp3) is 0.324. The van der Waals surface area contributed by atoms with Gasteiger partial charge in [0.2, 0.25) is 11.8 Å². The quantitative estimate of drug-likeness (QED) is 0.196. The monoisotopic (exact) mass is 648 g/mol. The Labute approximate surface area is 271 Å². The van der Waals surface area contributed by atoms with Crippen LogP contribution in [0.25, 0.3) is 5.57 Å². The topological polar surface area (TPSA) is 87.2 Å². The Bertz CT molecular complexity index is 1570. The number of amides is 2. The van der Waals surface area contributed by atoms with Crippen LogP contribution in [0, 0.1) is 30.6 Å². The van der Waals surface area contributed by atoms with E-state index in [0.29, 0.717) is 31.0 Å². The van der Waals surface area contributed by atoms with Crippen LogP contribution < -0.4 is 4.74 Å². The van der Waals surface area contributed by atoms with Crippen LogP contribution in [0.3, 0.4) is 0 Å². The Morgan fingerprint density at radius 2 is 1.48 bits per heavy atom. The van der Waals surface area contributed by atoms with Crippen molar-refractivity contribution < 1.29 is 24.2 Å². The van der Waals surface area contributed by atoms with Crippen molar-refractivity contribution in [2.75, 3.05) is 32.9 Å². The van der Waals surface area contributed by atoms with Crippen molar-refractivity contribution in [3.8, 4) is 29.4 Å². The molecule has 0 spiro atoms. The summed E-state index contributed by atoms with van der Waals surface area (Å²) in [5, 5.41) is 9.33. The molecule has 1 aromatic carbocycles. The molecule has 0 bridgehead atoms. The highest BCUT2D eigenvalue weighted by Gasteiger charge is 2.18.